The Morgan fingerprint density at radius 2 is 1.54 bits per heavy atom. The first-order valence-electron chi connectivity index (χ1n) is 24.3. The van der Waals surface area contributed by atoms with E-state index in [0.29, 0.717) is 37.6 Å². The molecule has 3 rings (SSSR count). The van der Waals surface area contributed by atoms with E-state index in [1.807, 2.05) is 85.8 Å². The van der Waals surface area contributed by atoms with E-state index in [1.165, 1.54) is 24.3 Å². The van der Waals surface area contributed by atoms with Gasteiger partial charge in [0.1, 0.15) is 23.6 Å². The van der Waals surface area contributed by atoms with E-state index < -0.39 is 77.1 Å². The van der Waals surface area contributed by atoms with Crippen LogP contribution in [-0.2, 0) is 57.0 Å². The summed E-state index contributed by atoms with van der Waals surface area (Å²) < 4.78 is 67.5. The molecular formula is C51H81NO16. The lowest BCUT2D eigenvalue weighted by molar-refractivity contribution is -0.384. The van der Waals surface area contributed by atoms with Crippen molar-refractivity contribution in [2.45, 2.75) is 196 Å². The van der Waals surface area contributed by atoms with E-state index in [9.17, 15) is 24.8 Å². The number of hydrogen-bond donors (Lipinski definition) is 1. The summed E-state index contributed by atoms with van der Waals surface area (Å²) in [5.74, 6) is -4.31. The molecule has 0 amide bonds. The van der Waals surface area contributed by atoms with Gasteiger partial charge >= 0.3 is 11.9 Å². The maximum Gasteiger partial charge on any atom is 0.323 e. The van der Waals surface area contributed by atoms with Crippen LogP contribution in [0.3, 0.4) is 0 Å². The van der Waals surface area contributed by atoms with Crippen LogP contribution >= 0.6 is 0 Å². The van der Waals surface area contributed by atoms with Crippen LogP contribution in [0.5, 0.6) is 5.75 Å². The van der Waals surface area contributed by atoms with Gasteiger partial charge in [0.25, 0.3) is 5.69 Å². The number of rotatable bonds is 28. The molecule has 0 aromatic heterocycles. The van der Waals surface area contributed by atoms with Crippen molar-refractivity contribution in [2.75, 3.05) is 26.4 Å². The number of hydrogen-bond acceptors (Lipinski definition) is 15. The molecule has 0 bridgehead atoms. The third-order valence-electron chi connectivity index (χ3n) is 12.2. The van der Waals surface area contributed by atoms with Crippen molar-refractivity contribution >= 4 is 17.6 Å². The summed E-state index contributed by atoms with van der Waals surface area (Å²) in [5.41, 5.74) is -1.61. The molecule has 17 heteroatoms. The second-order valence-corrected chi connectivity index (χ2v) is 17.9. The van der Waals surface area contributed by atoms with Gasteiger partial charge < -0.3 is 57.2 Å². The van der Waals surface area contributed by atoms with Crippen LogP contribution in [0, 0.1) is 27.9 Å². The highest BCUT2D eigenvalue weighted by atomic mass is 16.7. The number of cyclic esters (lactones) is 1. The van der Waals surface area contributed by atoms with E-state index in [4.69, 9.17) is 52.1 Å². The lowest BCUT2D eigenvalue weighted by Crippen LogP contribution is -2.49. The van der Waals surface area contributed by atoms with Crippen molar-refractivity contribution in [2.24, 2.45) is 17.8 Å². The molecule has 1 saturated heterocycles. The third-order valence-corrected chi connectivity index (χ3v) is 12.2. The number of carbonyl (C=O) groups excluding carboxylic acids is 1. The maximum atomic E-state index is 14.3. The van der Waals surface area contributed by atoms with Crippen LogP contribution < -0.4 is 4.74 Å². The van der Waals surface area contributed by atoms with Crippen LogP contribution in [0.25, 0.3) is 0 Å². The molecule has 0 aliphatic carbocycles. The molecule has 2 aliphatic rings. The Balaban J connectivity index is 2.12. The number of allylic oxidation sites excluding steroid dienone is 2. The Kier molecular flexibility index (Phi) is 24.2. The zero-order chi connectivity index (χ0) is 50.8. The number of aliphatic carboxylic acids is 1. The standard InChI is InChI=1S/C51H81NO16/c1-15-41(62-35(9)58-16-2)34(8)47-43(65-47)31-50(13,67-37(11)60-18-4)29-20-21-32(6)46-33(7)22-27-44(64-40-25-23-39(24-26-40)52(56)57)51(14,68-38(12)61-19-5)30-28-42(63-36(10)59-17-3)45(48(53)54)49(55)66-46/h20-27,29,33-38,41-47H,15-19,28,30-31H2,1-14H3,(H,53,54)/b27-22-,29-20+,32-21+. The van der Waals surface area contributed by atoms with E-state index in [2.05, 4.69) is 13.8 Å². The number of nitrogens with zero attached hydrogens (tertiary/aromatic N) is 1. The maximum absolute atomic E-state index is 14.3. The minimum Gasteiger partial charge on any atom is -0.483 e. The first-order chi connectivity index (χ1) is 32.1. The van der Waals surface area contributed by atoms with Crippen molar-refractivity contribution in [3.8, 4) is 5.75 Å². The fourth-order valence-electron chi connectivity index (χ4n) is 8.75. The van der Waals surface area contributed by atoms with Crippen LogP contribution in [0.2, 0.25) is 0 Å². The highest BCUT2D eigenvalue weighted by Gasteiger charge is 2.49. The molecule has 1 N–H and O–H groups in total. The van der Waals surface area contributed by atoms with Gasteiger partial charge in [-0.15, -0.1) is 0 Å². The molecule has 0 radical (unpaired) electrons. The molecule has 1 aromatic rings. The molecule has 17 nitrogen and oxygen atoms in total. The Labute approximate surface area is 404 Å². The minimum absolute atomic E-state index is 0.00776. The molecule has 0 spiro atoms. The first-order valence-corrected chi connectivity index (χ1v) is 24.3. The zero-order valence-corrected chi connectivity index (χ0v) is 42.9. The monoisotopic (exact) mass is 964 g/mol. The summed E-state index contributed by atoms with van der Waals surface area (Å²) >= 11 is 0. The van der Waals surface area contributed by atoms with Crippen molar-refractivity contribution in [3.63, 3.8) is 0 Å². The van der Waals surface area contributed by atoms with Gasteiger partial charge in [-0.3, -0.25) is 19.7 Å². The zero-order valence-electron chi connectivity index (χ0n) is 42.9. The fourth-order valence-corrected chi connectivity index (χ4v) is 8.75. The number of non-ortho nitro benzene ring substituents is 1. The number of carboxylic acid groups (broad SMARTS) is 1. The van der Waals surface area contributed by atoms with Gasteiger partial charge in [0.15, 0.2) is 31.1 Å². The Morgan fingerprint density at radius 3 is 2.13 bits per heavy atom. The molecule has 68 heavy (non-hydrogen) atoms. The Hall–Kier alpha value is -3.78. The second kappa shape index (κ2) is 28.2. The Bertz CT molecular complexity index is 1790. The highest BCUT2D eigenvalue weighted by molar-refractivity contribution is 5.94. The van der Waals surface area contributed by atoms with Crippen molar-refractivity contribution in [1.82, 2.24) is 0 Å². The SMILES string of the molecule is CCOC(C)OC1CCC(C)(OC(C)OCC)C(Oc2ccc([N+](=O)[O-])cc2)/C=C\C(C)C(/C(C)=C/C=C/C(C)(CC2OC2C(C)C(CC)OC(C)OCC)OC(C)OCC)OC(=O)C1C(=O)O. The van der Waals surface area contributed by atoms with Gasteiger partial charge in [0, 0.05) is 56.8 Å². The number of nitro benzene ring substituents is 1. The molecule has 1 fully saturated rings. The van der Waals surface area contributed by atoms with Crippen LogP contribution in [0.4, 0.5) is 5.69 Å². The number of benzene rings is 1. The minimum atomic E-state index is -1.76. The predicted octanol–water partition coefficient (Wildman–Crippen LogP) is 9.50. The van der Waals surface area contributed by atoms with Gasteiger partial charge in [-0.25, -0.2) is 0 Å². The van der Waals surface area contributed by atoms with Crippen molar-refractivity contribution in [3.05, 3.63) is 70.3 Å². The summed E-state index contributed by atoms with van der Waals surface area (Å²) in [6.07, 6.45) is 4.83. The number of carbonyl (C=O) groups is 2. The molecule has 15 unspecified atom stereocenters. The third kappa shape index (κ3) is 18.2. The average molecular weight is 964 g/mol. The number of carboxylic acids is 1. The van der Waals surface area contributed by atoms with Crippen molar-refractivity contribution in [1.29, 1.82) is 0 Å². The van der Waals surface area contributed by atoms with Crippen LogP contribution in [0.1, 0.15) is 123 Å². The first kappa shape index (κ1) is 58.5. The van der Waals surface area contributed by atoms with E-state index >= 15 is 0 Å². The topological polar surface area (TPSA) is 202 Å². The molecule has 2 aliphatic heterocycles. The molecule has 386 valence electrons. The normalized spacial score (nSPS) is 29.0. The second-order valence-electron chi connectivity index (χ2n) is 17.9. The average Bonchev–Trinajstić information content (AvgIpc) is 4.03. The van der Waals surface area contributed by atoms with Gasteiger partial charge in [0.05, 0.1) is 34.9 Å². The van der Waals surface area contributed by atoms with Crippen LogP contribution in [-0.4, -0.2) is 121 Å². The predicted molar refractivity (Wildman–Crippen MR) is 255 cm³/mol. The summed E-state index contributed by atoms with van der Waals surface area (Å²) in [7, 11) is 0. The summed E-state index contributed by atoms with van der Waals surface area (Å²) in [6.45, 7) is 27.8. The van der Waals surface area contributed by atoms with E-state index in [0.717, 1.165) is 6.42 Å². The number of epoxide rings is 1. The largest absolute Gasteiger partial charge is 0.483 e. The smallest absolute Gasteiger partial charge is 0.323 e. The molecule has 0 saturated carbocycles. The molecule has 1 aromatic carbocycles. The number of nitro groups is 1. The summed E-state index contributed by atoms with van der Waals surface area (Å²) in [6, 6.07) is 5.69. The lowest BCUT2D eigenvalue weighted by Gasteiger charge is -2.40. The van der Waals surface area contributed by atoms with E-state index in [-0.39, 0.29) is 55.7 Å². The van der Waals surface area contributed by atoms with E-state index in [1.54, 1.807) is 27.7 Å². The van der Waals surface area contributed by atoms with Crippen molar-refractivity contribution < 1.29 is 71.7 Å². The fraction of sp³-hybridized carbons (Fsp3) is 0.725. The van der Waals surface area contributed by atoms with Gasteiger partial charge in [0.2, 0.25) is 0 Å². The molecule has 15 atom stereocenters. The summed E-state index contributed by atoms with van der Waals surface area (Å²) in [4.78, 5) is 38.5. The number of ether oxygens (including phenoxy) is 11. The van der Waals surface area contributed by atoms with Gasteiger partial charge in [-0.1, -0.05) is 45.1 Å². The van der Waals surface area contributed by atoms with Gasteiger partial charge in [-0.05, 0) is 119 Å². The summed E-state index contributed by atoms with van der Waals surface area (Å²) in [5, 5.41) is 22.2. The lowest BCUT2D eigenvalue weighted by atomic mass is 9.86. The Morgan fingerprint density at radius 1 is 0.941 bits per heavy atom. The molecule has 2 heterocycles. The molecular weight excluding hydrogens is 883 g/mol. The van der Waals surface area contributed by atoms with Gasteiger partial charge in [-0.2, -0.15) is 0 Å². The van der Waals surface area contributed by atoms with Crippen LogP contribution in [0.15, 0.2) is 60.2 Å². The quantitative estimate of drug-likeness (QED) is 0.0121. The number of esters is 1. The highest BCUT2D eigenvalue weighted by Crippen LogP contribution is 2.40.